The molecular weight excluding hydrogens is 396 g/mol. The largest absolute Gasteiger partial charge is 0.338 e. The van der Waals surface area contributed by atoms with Gasteiger partial charge in [-0.15, -0.1) is 0 Å². The molecule has 1 aromatic carbocycles. The van der Waals surface area contributed by atoms with Crippen LogP contribution in [-0.2, 0) is 16.0 Å². The molecule has 2 aliphatic rings. The van der Waals surface area contributed by atoms with Crippen LogP contribution in [0.15, 0.2) is 48.8 Å². The highest BCUT2D eigenvalue weighted by molar-refractivity contribution is 6.08. The van der Waals surface area contributed by atoms with Crippen LogP contribution in [0.25, 0.3) is 0 Å². The van der Waals surface area contributed by atoms with E-state index in [1.165, 1.54) is 0 Å². The van der Waals surface area contributed by atoms with Gasteiger partial charge in [-0.3, -0.25) is 14.5 Å². The normalized spacial score (nSPS) is 21.4. The number of imide groups is 1. The van der Waals surface area contributed by atoms with Crippen molar-refractivity contribution in [1.29, 1.82) is 0 Å². The number of carbonyl (C=O) groups is 3. The molecule has 162 valence electrons. The van der Waals surface area contributed by atoms with E-state index in [1.807, 2.05) is 35.2 Å². The van der Waals surface area contributed by atoms with Gasteiger partial charge in [0.2, 0.25) is 11.9 Å². The van der Waals surface area contributed by atoms with Gasteiger partial charge >= 0.3 is 6.03 Å². The molecule has 2 fully saturated rings. The van der Waals surface area contributed by atoms with Crippen molar-refractivity contribution < 1.29 is 14.4 Å². The smallest absolute Gasteiger partial charge is 0.325 e. The molecule has 1 aromatic heterocycles. The summed E-state index contributed by atoms with van der Waals surface area (Å²) in [7, 11) is 0. The highest BCUT2D eigenvalue weighted by atomic mass is 16.2. The topological polar surface area (TPSA) is 98.7 Å². The van der Waals surface area contributed by atoms with Crippen LogP contribution >= 0.6 is 0 Å². The Balaban J connectivity index is 1.32. The Hall–Kier alpha value is -3.49. The fourth-order valence-corrected chi connectivity index (χ4v) is 3.94. The second kappa shape index (κ2) is 8.71. The first kappa shape index (κ1) is 20.8. The first-order valence-corrected chi connectivity index (χ1v) is 10.4. The molecule has 4 amide bonds. The van der Waals surface area contributed by atoms with Gasteiger partial charge in [0, 0.05) is 38.6 Å². The van der Waals surface area contributed by atoms with Gasteiger partial charge in [0.1, 0.15) is 12.1 Å². The van der Waals surface area contributed by atoms with E-state index < -0.39 is 11.6 Å². The standard InChI is InChI=1S/C22H26N6O3/c1-22(9-8-17-6-3-2-4-7-17)19(30)28(21(31)25-22)16-18(29)26-12-14-27(15-13-26)20-23-10-5-11-24-20/h2-7,10-11H,8-9,12-16H2,1H3,(H,25,31)/t22-/m0/s1. The van der Waals surface area contributed by atoms with Gasteiger partial charge in [0.25, 0.3) is 5.91 Å². The fraction of sp³-hybridized carbons (Fsp3) is 0.409. The van der Waals surface area contributed by atoms with Gasteiger partial charge in [-0.2, -0.15) is 0 Å². The average Bonchev–Trinajstić information content (AvgIpc) is 3.02. The molecule has 1 N–H and O–H groups in total. The molecule has 9 heteroatoms. The second-order valence-corrected chi connectivity index (χ2v) is 8.06. The maximum Gasteiger partial charge on any atom is 0.325 e. The Morgan fingerprint density at radius 3 is 2.39 bits per heavy atom. The van der Waals surface area contributed by atoms with Gasteiger partial charge in [-0.25, -0.2) is 14.8 Å². The molecule has 0 bridgehead atoms. The molecule has 2 aliphatic heterocycles. The molecule has 4 rings (SSSR count). The van der Waals surface area contributed by atoms with Crippen molar-refractivity contribution in [2.75, 3.05) is 37.6 Å². The minimum atomic E-state index is -1.00. The summed E-state index contributed by atoms with van der Waals surface area (Å²) in [5, 5.41) is 2.78. The van der Waals surface area contributed by atoms with Crippen LogP contribution in [0.5, 0.6) is 0 Å². The lowest BCUT2D eigenvalue weighted by Crippen LogP contribution is -2.52. The summed E-state index contributed by atoms with van der Waals surface area (Å²) in [5.41, 5.74) is 0.0943. The van der Waals surface area contributed by atoms with E-state index in [4.69, 9.17) is 0 Å². The maximum atomic E-state index is 13.0. The predicted octanol–water partition coefficient (Wildman–Crippen LogP) is 1.07. The average molecular weight is 422 g/mol. The predicted molar refractivity (Wildman–Crippen MR) is 114 cm³/mol. The number of nitrogens with zero attached hydrogens (tertiary/aromatic N) is 5. The highest BCUT2D eigenvalue weighted by Crippen LogP contribution is 2.23. The molecule has 0 radical (unpaired) electrons. The van der Waals surface area contributed by atoms with Crippen LogP contribution in [-0.4, -0.2) is 75.9 Å². The van der Waals surface area contributed by atoms with Crippen LogP contribution in [0.1, 0.15) is 18.9 Å². The number of hydrogen-bond acceptors (Lipinski definition) is 6. The SMILES string of the molecule is C[C@@]1(CCc2ccccc2)NC(=O)N(CC(=O)N2CCN(c3ncccn3)CC2)C1=O. The third kappa shape index (κ3) is 4.50. The van der Waals surface area contributed by atoms with Crippen LogP contribution in [0.4, 0.5) is 10.7 Å². The summed E-state index contributed by atoms with van der Waals surface area (Å²) >= 11 is 0. The number of aromatic nitrogens is 2. The molecule has 31 heavy (non-hydrogen) atoms. The molecule has 0 aliphatic carbocycles. The number of amides is 4. The van der Waals surface area contributed by atoms with E-state index in [2.05, 4.69) is 15.3 Å². The zero-order valence-corrected chi connectivity index (χ0v) is 17.5. The zero-order chi connectivity index (χ0) is 21.8. The second-order valence-electron chi connectivity index (χ2n) is 8.06. The van der Waals surface area contributed by atoms with Crippen LogP contribution in [0.2, 0.25) is 0 Å². The van der Waals surface area contributed by atoms with Crippen LogP contribution < -0.4 is 10.2 Å². The lowest BCUT2D eigenvalue weighted by molar-refractivity contribution is -0.139. The first-order chi connectivity index (χ1) is 15.0. The van der Waals surface area contributed by atoms with Crippen molar-refractivity contribution >= 4 is 23.8 Å². The highest BCUT2D eigenvalue weighted by Gasteiger charge is 2.48. The summed E-state index contributed by atoms with van der Waals surface area (Å²) in [6, 6.07) is 11.1. The van der Waals surface area contributed by atoms with Crippen molar-refractivity contribution in [3.8, 4) is 0 Å². The minimum absolute atomic E-state index is 0.232. The van der Waals surface area contributed by atoms with E-state index in [0.717, 1.165) is 10.5 Å². The van der Waals surface area contributed by atoms with Crippen LogP contribution in [0, 0.1) is 0 Å². The zero-order valence-electron chi connectivity index (χ0n) is 17.5. The van der Waals surface area contributed by atoms with Crippen molar-refractivity contribution in [2.45, 2.75) is 25.3 Å². The fourth-order valence-electron chi connectivity index (χ4n) is 3.94. The summed E-state index contributed by atoms with van der Waals surface area (Å²) in [6.45, 7) is 3.67. The number of anilines is 1. The van der Waals surface area contributed by atoms with Gasteiger partial charge in [0.15, 0.2) is 0 Å². The van der Waals surface area contributed by atoms with Crippen LogP contribution in [0.3, 0.4) is 0 Å². The molecule has 0 saturated carbocycles. The monoisotopic (exact) mass is 422 g/mol. The Labute approximate surface area is 181 Å². The van der Waals surface area contributed by atoms with Crippen molar-refractivity contribution in [3.05, 3.63) is 54.4 Å². The van der Waals surface area contributed by atoms with E-state index in [9.17, 15) is 14.4 Å². The Bertz CT molecular complexity index is 946. The maximum absolute atomic E-state index is 13.0. The number of hydrogen-bond donors (Lipinski definition) is 1. The number of nitrogens with one attached hydrogen (secondary N) is 1. The third-order valence-corrected chi connectivity index (χ3v) is 5.86. The summed E-state index contributed by atoms with van der Waals surface area (Å²) in [4.78, 5) is 51.4. The van der Waals surface area contributed by atoms with Gasteiger partial charge in [-0.1, -0.05) is 30.3 Å². The summed E-state index contributed by atoms with van der Waals surface area (Å²) in [5.74, 6) is 0.0559. The number of benzene rings is 1. The molecule has 2 saturated heterocycles. The van der Waals surface area contributed by atoms with E-state index in [0.29, 0.717) is 45.0 Å². The minimum Gasteiger partial charge on any atom is -0.338 e. The lowest BCUT2D eigenvalue weighted by atomic mass is 9.93. The molecule has 3 heterocycles. The molecule has 9 nitrogen and oxygen atoms in total. The molecule has 0 spiro atoms. The third-order valence-electron chi connectivity index (χ3n) is 5.86. The molecular formula is C22H26N6O3. The Kier molecular flexibility index (Phi) is 5.83. The van der Waals surface area contributed by atoms with Crippen molar-refractivity contribution in [3.63, 3.8) is 0 Å². The summed E-state index contributed by atoms with van der Waals surface area (Å²) in [6.07, 6.45) is 4.51. The molecule has 1 atom stereocenters. The lowest BCUT2D eigenvalue weighted by Gasteiger charge is -2.35. The van der Waals surface area contributed by atoms with E-state index >= 15 is 0 Å². The van der Waals surface area contributed by atoms with Gasteiger partial charge in [-0.05, 0) is 31.4 Å². The number of piperazine rings is 1. The number of urea groups is 1. The number of aryl methyl sites for hydroxylation is 1. The van der Waals surface area contributed by atoms with Gasteiger partial charge in [0.05, 0.1) is 0 Å². The molecule has 0 unspecified atom stereocenters. The summed E-state index contributed by atoms with van der Waals surface area (Å²) < 4.78 is 0. The number of rotatable bonds is 6. The van der Waals surface area contributed by atoms with E-state index in [-0.39, 0.29) is 18.4 Å². The first-order valence-electron chi connectivity index (χ1n) is 10.4. The Morgan fingerprint density at radius 2 is 1.71 bits per heavy atom. The molecule has 2 aromatic rings. The van der Waals surface area contributed by atoms with Crippen molar-refractivity contribution in [2.24, 2.45) is 0 Å². The Morgan fingerprint density at radius 1 is 1.03 bits per heavy atom. The quantitative estimate of drug-likeness (QED) is 0.700. The van der Waals surface area contributed by atoms with Gasteiger partial charge < -0.3 is 15.1 Å². The van der Waals surface area contributed by atoms with Crippen molar-refractivity contribution in [1.82, 2.24) is 25.1 Å². The number of carbonyl (C=O) groups excluding carboxylic acids is 3. The van der Waals surface area contributed by atoms with E-state index in [1.54, 1.807) is 30.3 Å².